The number of nitrogens with one attached hydrogen (secondary N) is 1. The maximum absolute atomic E-state index is 11.8. The van der Waals surface area contributed by atoms with Crippen LogP contribution in [0.5, 0.6) is 0 Å². The molecule has 0 radical (unpaired) electrons. The van der Waals surface area contributed by atoms with E-state index in [1.54, 1.807) is 0 Å². The van der Waals surface area contributed by atoms with Gasteiger partial charge in [-0.05, 0) is 26.3 Å². The monoisotopic (exact) mass is 258 g/mol. The van der Waals surface area contributed by atoms with Crippen LogP contribution in [0.3, 0.4) is 0 Å². The van der Waals surface area contributed by atoms with Crippen molar-refractivity contribution in [1.82, 2.24) is 5.32 Å². The molecule has 0 bridgehead atoms. The quantitative estimate of drug-likeness (QED) is 0.406. The average Bonchev–Trinajstić information content (AvgIpc) is 2.33. The summed E-state index contributed by atoms with van der Waals surface area (Å²) in [5.41, 5.74) is -1.10. The van der Waals surface area contributed by atoms with E-state index >= 15 is 0 Å². The second-order valence-corrected chi connectivity index (χ2v) is 4.23. The molecule has 0 saturated heterocycles. The molecule has 0 aromatic rings. The average molecular weight is 258 g/mol. The molecule has 0 saturated carbocycles. The minimum absolute atomic E-state index is 0.0965. The molecule has 1 atom stereocenters. The Kier molecular flexibility index (Phi) is 6.21. The van der Waals surface area contributed by atoms with Crippen molar-refractivity contribution in [1.29, 1.82) is 0 Å². The number of hydrogen-bond acceptors (Lipinski definition) is 6. The molecule has 1 amide bonds. The van der Waals surface area contributed by atoms with E-state index in [2.05, 4.69) is 22.6 Å². The fourth-order valence-corrected chi connectivity index (χ4v) is 1.21. The Bertz CT molecular complexity index is 351. The minimum Gasteiger partial charge on any atom is -0.381 e. The van der Waals surface area contributed by atoms with Crippen LogP contribution in [0.4, 0.5) is 0 Å². The minimum atomic E-state index is -1.45. The van der Waals surface area contributed by atoms with Crippen LogP contribution in [0.15, 0.2) is 12.7 Å². The van der Waals surface area contributed by atoms with Gasteiger partial charge in [0.1, 0.15) is 0 Å². The van der Waals surface area contributed by atoms with Gasteiger partial charge in [-0.2, -0.15) is 5.90 Å². The van der Waals surface area contributed by atoms with Crippen LogP contribution >= 0.6 is 0 Å². The number of aliphatic hydroxyl groups excluding tert-OH is 1. The molecule has 18 heavy (non-hydrogen) atoms. The van der Waals surface area contributed by atoms with Crippen LogP contribution in [-0.4, -0.2) is 34.4 Å². The Morgan fingerprint density at radius 2 is 2.06 bits per heavy atom. The number of ketones is 1. The summed E-state index contributed by atoms with van der Waals surface area (Å²) < 4.78 is 0. The van der Waals surface area contributed by atoms with E-state index in [1.165, 1.54) is 13.8 Å². The zero-order valence-corrected chi connectivity index (χ0v) is 10.4. The van der Waals surface area contributed by atoms with Gasteiger partial charge in [-0.15, -0.1) is 0 Å². The molecule has 0 aliphatic heterocycles. The van der Waals surface area contributed by atoms with Gasteiger partial charge in [0, 0.05) is 6.42 Å². The Morgan fingerprint density at radius 3 is 2.50 bits per heavy atom. The number of rotatable bonds is 7. The van der Waals surface area contributed by atoms with Gasteiger partial charge in [0.2, 0.25) is 5.91 Å². The van der Waals surface area contributed by atoms with Crippen molar-refractivity contribution in [2.24, 2.45) is 5.90 Å². The Labute approximate surface area is 105 Å². The number of nitrogens with two attached hydrogens (primary N) is 1. The van der Waals surface area contributed by atoms with Gasteiger partial charge in [0.15, 0.2) is 11.9 Å². The van der Waals surface area contributed by atoms with Gasteiger partial charge < -0.3 is 15.3 Å². The molecule has 0 aliphatic carbocycles. The summed E-state index contributed by atoms with van der Waals surface area (Å²) in [6, 6.07) is 0. The topological polar surface area (TPSA) is 119 Å². The lowest BCUT2D eigenvalue weighted by atomic mass is 9.94. The van der Waals surface area contributed by atoms with Crippen molar-refractivity contribution in [3.8, 4) is 0 Å². The Morgan fingerprint density at radius 1 is 1.50 bits per heavy atom. The maximum atomic E-state index is 11.8. The molecule has 0 fully saturated rings. The summed E-state index contributed by atoms with van der Waals surface area (Å²) in [6.07, 6.45) is -0.622. The molecule has 102 valence electrons. The third kappa shape index (κ3) is 5.07. The maximum Gasteiger partial charge on any atom is 0.353 e. The van der Waals surface area contributed by atoms with Crippen LogP contribution in [-0.2, 0) is 19.2 Å². The van der Waals surface area contributed by atoms with E-state index in [-0.39, 0.29) is 18.6 Å². The zero-order chi connectivity index (χ0) is 14.3. The highest BCUT2D eigenvalue weighted by Crippen LogP contribution is 2.10. The van der Waals surface area contributed by atoms with Crippen molar-refractivity contribution in [3.63, 3.8) is 0 Å². The first-order valence-corrected chi connectivity index (χ1v) is 5.31. The normalized spacial score (nSPS) is 12.4. The first-order chi connectivity index (χ1) is 8.24. The van der Waals surface area contributed by atoms with Gasteiger partial charge in [-0.3, -0.25) is 9.59 Å². The molecule has 0 heterocycles. The molecular formula is C11H18N2O5. The second-order valence-electron chi connectivity index (χ2n) is 4.23. The van der Waals surface area contributed by atoms with Crippen LogP contribution in [0, 0.1) is 0 Å². The van der Waals surface area contributed by atoms with Crippen molar-refractivity contribution >= 4 is 17.7 Å². The SMILES string of the molecule is C=CC(=O)NC(C)(C)C(=O)CCC(O)C(=O)ON. The van der Waals surface area contributed by atoms with E-state index in [0.29, 0.717) is 0 Å². The van der Waals surface area contributed by atoms with Gasteiger partial charge in [0.05, 0.1) is 5.54 Å². The lowest BCUT2D eigenvalue weighted by Gasteiger charge is -2.24. The van der Waals surface area contributed by atoms with Crippen molar-refractivity contribution < 1.29 is 24.3 Å². The summed E-state index contributed by atoms with van der Waals surface area (Å²) in [4.78, 5) is 37.5. The van der Waals surface area contributed by atoms with Crippen molar-refractivity contribution in [3.05, 3.63) is 12.7 Å². The van der Waals surface area contributed by atoms with E-state index in [1.807, 2.05) is 0 Å². The molecule has 4 N–H and O–H groups in total. The zero-order valence-electron chi connectivity index (χ0n) is 10.4. The van der Waals surface area contributed by atoms with Gasteiger partial charge in [-0.1, -0.05) is 6.58 Å². The fraction of sp³-hybridized carbons (Fsp3) is 0.545. The van der Waals surface area contributed by atoms with Crippen LogP contribution in [0.25, 0.3) is 0 Å². The molecule has 7 heteroatoms. The molecule has 1 unspecified atom stereocenters. The molecule has 0 spiro atoms. The number of aliphatic hydroxyl groups is 1. The molecule has 0 aromatic carbocycles. The summed E-state index contributed by atoms with van der Waals surface area (Å²) in [7, 11) is 0. The smallest absolute Gasteiger partial charge is 0.353 e. The number of amides is 1. The number of hydrogen-bond donors (Lipinski definition) is 3. The highest BCUT2D eigenvalue weighted by molar-refractivity contribution is 5.95. The summed E-state index contributed by atoms with van der Waals surface area (Å²) in [5.74, 6) is 2.77. The molecule has 0 aliphatic rings. The molecule has 7 nitrogen and oxygen atoms in total. The first-order valence-electron chi connectivity index (χ1n) is 5.31. The highest BCUT2D eigenvalue weighted by atomic mass is 16.7. The Hall–Kier alpha value is -1.73. The number of Topliss-reactive ketones (excluding diaryl/α,β-unsaturated/α-hetero) is 1. The van der Waals surface area contributed by atoms with E-state index < -0.39 is 23.5 Å². The van der Waals surface area contributed by atoms with Crippen LogP contribution < -0.4 is 11.2 Å². The van der Waals surface area contributed by atoms with Gasteiger partial charge >= 0.3 is 5.97 Å². The second kappa shape index (κ2) is 6.87. The van der Waals surface area contributed by atoms with Gasteiger partial charge in [-0.25, -0.2) is 4.79 Å². The predicted molar refractivity (Wildman–Crippen MR) is 62.9 cm³/mol. The van der Waals surface area contributed by atoms with Crippen LogP contribution in [0.2, 0.25) is 0 Å². The predicted octanol–water partition coefficient (Wildman–Crippen LogP) is -0.806. The lowest BCUT2D eigenvalue weighted by Crippen LogP contribution is -2.49. The summed E-state index contributed by atoms with van der Waals surface area (Å²) in [5, 5.41) is 11.7. The third-order valence-electron chi connectivity index (χ3n) is 2.35. The van der Waals surface area contributed by atoms with Crippen molar-refractivity contribution in [2.75, 3.05) is 0 Å². The Balaban J connectivity index is 4.35. The molecular weight excluding hydrogens is 240 g/mol. The van der Waals surface area contributed by atoms with Crippen LogP contribution in [0.1, 0.15) is 26.7 Å². The number of carbonyl (C=O) groups excluding carboxylic acids is 3. The molecule has 0 aromatic heterocycles. The van der Waals surface area contributed by atoms with E-state index in [0.717, 1.165) is 6.08 Å². The highest BCUT2D eigenvalue weighted by Gasteiger charge is 2.29. The standard InChI is InChI=1S/C11H18N2O5/c1-4-9(16)13-11(2,3)8(15)6-5-7(14)10(17)18-12/h4,7,14H,1,5-6,12H2,2-3H3,(H,13,16). The number of carbonyl (C=O) groups is 3. The largest absolute Gasteiger partial charge is 0.381 e. The first kappa shape index (κ1) is 16.3. The summed E-state index contributed by atoms with van der Waals surface area (Å²) in [6.45, 7) is 6.31. The van der Waals surface area contributed by atoms with E-state index in [9.17, 15) is 19.5 Å². The lowest BCUT2D eigenvalue weighted by molar-refractivity contribution is -0.154. The van der Waals surface area contributed by atoms with E-state index in [4.69, 9.17) is 0 Å². The van der Waals surface area contributed by atoms with Gasteiger partial charge in [0.25, 0.3) is 0 Å². The third-order valence-corrected chi connectivity index (χ3v) is 2.35. The van der Waals surface area contributed by atoms with Crippen molar-refractivity contribution in [2.45, 2.75) is 38.3 Å². The summed E-state index contributed by atoms with van der Waals surface area (Å²) >= 11 is 0. The fourth-order valence-electron chi connectivity index (χ4n) is 1.21. The molecule has 0 rings (SSSR count).